The molecule has 1 aliphatic rings. The standard InChI is InChI=1S/C15H22O/c1-10-8-11(2)15(12(3)9-10)13-6-4-5-7-14(13)16/h8-9,13-14,16H,4-7H2,1-3H3/t13-,14-/m0/s1. The summed E-state index contributed by atoms with van der Waals surface area (Å²) in [4.78, 5) is 0. The van der Waals surface area contributed by atoms with Crippen LogP contribution < -0.4 is 0 Å². The highest BCUT2D eigenvalue weighted by atomic mass is 16.3. The van der Waals surface area contributed by atoms with Gasteiger partial charge < -0.3 is 5.11 Å². The Bertz CT molecular complexity index is 358. The van der Waals surface area contributed by atoms with Crippen molar-refractivity contribution in [2.45, 2.75) is 58.5 Å². The molecule has 1 aromatic rings. The molecule has 1 saturated carbocycles. The first-order chi connectivity index (χ1) is 7.59. The second-order valence-corrected chi connectivity index (χ2v) is 5.27. The van der Waals surface area contributed by atoms with Crippen molar-refractivity contribution in [3.05, 3.63) is 34.4 Å². The highest BCUT2D eigenvalue weighted by Crippen LogP contribution is 2.36. The van der Waals surface area contributed by atoms with Gasteiger partial charge in [-0.3, -0.25) is 0 Å². The fourth-order valence-corrected chi connectivity index (χ4v) is 3.22. The highest BCUT2D eigenvalue weighted by molar-refractivity contribution is 5.40. The molecule has 1 heteroatoms. The monoisotopic (exact) mass is 218 g/mol. The molecule has 0 aliphatic heterocycles. The largest absolute Gasteiger partial charge is 0.392 e. The van der Waals surface area contributed by atoms with Gasteiger partial charge in [0, 0.05) is 5.92 Å². The molecule has 0 amide bonds. The molecule has 88 valence electrons. The van der Waals surface area contributed by atoms with Crippen LogP contribution >= 0.6 is 0 Å². The van der Waals surface area contributed by atoms with E-state index in [0.29, 0.717) is 5.92 Å². The molecule has 1 aliphatic carbocycles. The van der Waals surface area contributed by atoms with Gasteiger partial charge in [0.15, 0.2) is 0 Å². The Morgan fingerprint density at radius 1 is 1.00 bits per heavy atom. The van der Waals surface area contributed by atoms with Crippen molar-refractivity contribution in [2.24, 2.45) is 0 Å². The SMILES string of the molecule is Cc1cc(C)c([C@H]2CCCC[C@@H]2O)c(C)c1. The lowest BCUT2D eigenvalue weighted by molar-refractivity contribution is 0.106. The Balaban J connectivity index is 2.38. The zero-order valence-electron chi connectivity index (χ0n) is 10.6. The Morgan fingerprint density at radius 2 is 1.56 bits per heavy atom. The third kappa shape index (κ3) is 2.15. The average Bonchev–Trinajstić information content (AvgIpc) is 2.19. The van der Waals surface area contributed by atoms with Gasteiger partial charge in [0.25, 0.3) is 0 Å². The quantitative estimate of drug-likeness (QED) is 0.763. The summed E-state index contributed by atoms with van der Waals surface area (Å²) in [5, 5.41) is 10.1. The molecule has 0 saturated heterocycles. The van der Waals surface area contributed by atoms with E-state index in [0.717, 1.165) is 12.8 Å². The van der Waals surface area contributed by atoms with Crippen LogP contribution in [0.5, 0.6) is 0 Å². The predicted molar refractivity (Wildman–Crippen MR) is 67.9 cm³/mol. The molecule has 0 bridgehead atoms. The minimum Gasteiger partial charge on any atom is -0.392 e. The molecule has 0 spiro atoms. The maximum Gasteiger partial charge on any atom is 0.0608 e. The smallest absolute Gasteiger partial charge is 0.0608 e. The molecule has 0 heterocycles. The number of aryl methyl sites for hydroxylation is 3. The maximum atomic E-state index is 10.1. The summed E-state index contributed by atoms with van der Waals surface area (Å²) in [5.74, 6) is 0.370. The van der Waals surface area contributed by atoms with Crippen molar-refractivity contribution in [3.63, 3.8) is 0 Å². The van der Waals surface area contributed by atoms with Gasteiger partial charge in [0.05, 0.1) is 6.10 Å². The number of hydrogen-bond donors (Lipinski definition) is 1. The number of aliphatic hydroxyl groups excluding tert-OH is 1. The van der Waals surface area contributed by atoms with Gasteiger partial charge in [-0.05, 0) is 50.3 Å². The fraction of sp³-hybridized carbons (Fsp3) is 0.600. The third-order valence-electron chi connectivity index (χ3n) is 3.84. The molecule has 0 unspecified atom stereocenters. The van der Waals surface area contributed by atoms with Gasteiger partial charge in [0.1, 0.15) is 0 Å². The third-order valence-corrected chi connectivity index (χ3v) is 3.84. The Labute approximate surface area is 98.5 Å². The van der Waals surface area contributed by atoms with Crippen molar-refractivity contribution in [1.82, 2.24) is 0 Å². The van der Waals surface area contributed by atoms with Crippen LogP contribution in [0.3, 0.4) is 0 Å². The second kappa shape index (κ2) is 4.58. The first-order valence-corrected chi connectivity index (χ1v) is 6.35. The van der Waals surface area contributed by atoms with E-state index in [2.05, 4.69) is 32.9 Å². The molecule has 1 N–H and O–H groups in total. The number of rotatable bonds is 1. The van der Waals surface area contributed by atoms with Gasteiger partial charge >= 0.3 is 0 Å². The zero-order chi connectivity index (χ0) is 11.7. The number of hydrogen-bond acceptors (Lipinski definition) is 1. The summed E-state index contributed by atoms with van der Waals surface area (Å²) >= 11 is 0. The molecule has 2 atom stereocenters. The predicted octanol–water partition coefficient (Wildman–Crippen LogP) is 3.63. The van der Waals surface area contributed by atoms with Gasteiger partial charge in [-0.15, -0.1) is 0 Å². The van der Waals surface area contributed by atoms with Crippen LogP contribution in [0, 0.1) is 20.8 Å². The van der Waals surface area contributed by atoms with Crippen molar-refractivity contribution in [3.8, 4) is 0 Å². The Kier molecular flexibility index (Phi) is 3.34. The van der Waals surface area contributed by atoms with Crippen molar-refractivity contribution in [1.29, 1.82) is 0 Å². The lowest BCUT2D eigenvalue weighted by Gasteiger charge is -2.30. The van der Waals surface area contributed by atoms with Crippen LogP contribution in [-0.2, 0) is 0 Å². The van der Waals surface area contributed by atoms with E-state index in [1.807, 2.05) is 0 Å². The second-order valence-electron chi connectivity index (χ2n) is 5.27. The first kappa shape index (κ1) is 11.7. The zero-order valence-corrected chi connectivity index (χ0v) is 10.6. The van der Waals surface area contributed by atoms with Crippen LogP contribution in [0.15, 0.2) is 12.1 Å². The number of aliphatic hydroxyl groups is 1. The normalized spacial score (nSPS) is 25.8. The molecular formula is C15H22O. The van der Waals surface area contributed by atoms with E-state index in [-0.39, 0.29) is 6.10 Å². The fourth-order valence-electron chi connectivity index (χ4n) is 3.22. The van der Waals surface area contributed by atoms with E-state index < -0.39 is 0 Å². The van der Waals surface area contributed by atoms with Gasteiger partial charge in [-0.25, -0.2) is 0 Å². The van der Waals surface area contributed by atoms with Crippen molar-refractivity contribution in [2.75, 3.05) is 0 Å². The van der Waals surface area contributed by atoms with Crippen LogP contribution in [0.2, 0.25) is 0 Å². The highest BCUT2D eigenvalue weighted by Gasteiger charge is 2.26. The summed E-state index contributed by atoms with van der Waals surface area (Å²) < 4.78 is 0. The van der Waals surface area contributed by atoms with E-state index in [9.17, 15) is 5.11 Å². The first-order valence-electron chi connectivity index (χ1n) is 6.35. The van der Waals surface area contributed by atoms with Gasteiger partial charge in [0.2, 0.25) is 0 Å². The van der Waals surface area contributed by atoms with E-state index in [1.54, 1.807) is 0 Å². The summed E-state index contributed by atoms with van der Waals surface area (Å²) in [5.41, 5.74) is 5.42. The lowest BCUT2D eigenvalue weighted by atomic mass is 9.78. The van der Waals surface area contributed by atoms with Crippen LogP contribution in [0.4, 0.5) is 0 Å². The maximum absolute atomic E-state index is 10.1. The van der Waals surface area contributed by atoms with Gasteiger partial charge in [-0.1, -0.05) is 30.5 Å². The lowest BCUT2D eigenvalue weighted by Crippen LogP contribution is -2.24. The minimum absolute atomic E-state index is 0.131. The Hall–Kier alpha value is -0.820. The summed E-state index contributed by atoms with van der Waals surface area (Å²) in [7, 11) is 0. The molecule has 1 fully saturated rings. The molecule has 0 aromatic heterocycles. The number of benzene rings is 1. The van der Waals surface area contributed by atoms with Crippen LogP contribution in [0.1, 0.15) is 53.9 Å². The Morgan fingerprint density at radius 3 is 2.12 bits per heavy atom. The van der Waals surface area contributed by atoms with Crippen LogP contribution in [0.25, 0.3) is 0 Å². The molecule has 2 rings (SSSR count). The average molecular weight is 218 g/mol. The molecule has 1 aromatic carbocycles. The van der Waals surface area contributed by atoms with E-state index in [4.69, 9.17) is 0 Å². The minimum atomic E-state index is -0.131. The summed E-state index contributed by atoms with van der Waals surface area (Å²) in [6, 6.07) is 4.48. The van der Waals surface area contributed by atoms with E-state index >= 15 is 0 Å². The topological polar surface area (TPSA) is 20.2 Å². The van der Waals surface area contributed by atoms with Crippen molar-refractivity contribution >= 4 is 0 Å². The molecule has 16 heavy (non-hydrogen) atoms. The summed E-state index contributed by atoms with van der Waals surface area (Å²) in [6.45, 7) is 6.49. The molecular weight excluding hydrogens is 196 g/mol. The van der Waals surface area contributed by atoms with Crippen molar-refractivity contribution < 1.29 is 5.11 Å². The van der Waals surface area contributed by atoms with Gasteiger partial charge in [-0.2, -0.15) is 0 Å². The molecule has 1 nitrogen and oxygen atoms in total. The summed E-state index contributed by atoms with van der Waals surface area (Å²) in [6.07, 6.45) is 4.42. The molecule has 0 radical (unpaired) electrons. The van der Waals surface area contributed by atoms with Crippen LogP contribution in [-0.4, -0.2) is 11.2 Å². The van der Waals surface area contributed by atoms with E-state index in [1.165, 1.54) is 35.1 Å².